The number of halogens is 3. The highest BCUT2D eigenvalue weighted by Gasteiger charge is 2.34. The van der Waals surface area contributed by atoms with Gasteiger partial charge in [0.25, 0.3) is 0 Å². The number of nitrogens with zero attached hydrogens (tertiary/aromatic N) is 1. The molecule has 1 aromatic carbocycles. The van der Waals surface area contributed by atoms with E-state index < -0.39 is 12.6 Å². The summed E-state index contributed by atoms with van der Waals surface area (Å²) in [4.78, 5) is 0. The van der Waals surface area contributed by atoms with Gasteiger partial charge in [-0.25, -0.2) is 0 Å². The molecular weight excluding hydrogens is 223 g/mol. The van der Waals surface area contributed by atoms with E-state index in [9.17, 15) is 13.2 Å². The van der Waals surface area contributed by atoms with Gasteiger partial charge < -0.3 is 0 Å². The maximum Gasteiger partial charge on any atom is 0.399 e. The Labute approximate surface area is 88.8 Å². The average Bonchev–Trinajstić information content (AvgIpc) is 2.42. The van der Waals surface area contributed by atoms with E-state index >= 15 is 0 Å². The molecule has 1 heterocycles. The van der Waals surface area contributed by atoms with E-state index in [4.69, 9.17) is 0 Å². The predicted molar refractivity (Wildman–Crippen MR) is 52.8 cm³/mol. The van der Waals surface area contributed by atoms with Crippen molar-refractivity contribution >= 4 is 21.6 Å². The van der Waals surface area contributed by atoms with E-state index in [0.29, 0.717) is 5.01 Å². The fourth-order valence-electron chi connectivity index (χ4n) is 1.48. The molecule has 1 nitrogen and oxygen atoms in total. The van der Waals surface area contributed by atoms with Crippen molar-refractivity contribution in [2.75, 3.05) is 0 Å². The van der Waals surface area contributed by atoms with Crippen molar-refractivity contribution in [3.05, 3.63) is 29.3 Å². The summed E-state index contributed by atoms with van der Waals surface area (Å²) in [5.74, 6) is 0. The van der Waals surface area contributed by atoms with Crippen LogP contribution in [0.25, 0.3) is 10.2 Å². The fourth-order valence-corrected chi connectivity index (χ4v) is 2.66. The lowest BCUT2D eigenvalue weighted by molar-refractivity contribution is -0.649. The Hall–Kier alpha value is -1.10. The van der Waals surface area contributed by atoms with Crippen LogP contribution >= 0.6 is 11.3 Å². The van der Waals surface area contributed by atoms with Crippen molar-refractivity contribution in [1.29, 1.82) is 0 Å². The summed E-state index contributed by atoms with van der Waals surface area (Å²) in [6.07, 6.45) is -5.00. The first kappa shape index (κ1) is 10.4. The molecule has 0 unspecified atom stereocenters. The van der Waals surface area contributed by atoms with Crippen molar-refractivity contribution in [1.82, 2.24) is 0 Å². The van der Waals surface area contributed by atoms with Crippen molar-refractivity contribution < 1.29 is 17.7 Å². The van der Waals surface area contributed by atoms with E-state index in [1.807, 2.05) is 24.3 Å². The zero-order valence-electron chi connectivity index (χ0n) is 8.01. The molecule has 0 amide bonds. The second kappa shape index (κ2) is 3.48. The lowest BCUT2D eigenvalue weighted by atomic mass is 10.3. The number of para-hydroxylation sites is 1. The van der Waals surface area contributed by atoms with Gasteiger partial charge in [0.1, 0.15) is 18.2 Å². The zero-order valence-corrected chi connectivity index (χ0v) is 8.82. The SMILES string of the molecule is C[n+]1c(CC(F)(F)F)sc2ccccc21. The summed E-state index contributed by atoms with van der Waals surface area (Å²) >= 11 is 1.19. The second-order valence-corrected chi connectivity index (χ2v) is 4.43. The number of alkyl halides is 3. The molecule has 5 heteroatoms. The normalized spacial score (nSPS) is 12.3. The van der Waals surface area contributed by atoms with Crippen LogP contribution < -0.4 is 4.57 Å². The number of aryl methyl sites for hydroxylation is 1. The van der Waals surface area contributed by atoms with Gasteiger partial charge in [0.2, 0.25) is 10.5 Å². The third kappa shape index (κ3) is 2.12. The Kier molecular flexibility index (Phi) is 2.42. The van der Waals surface area contributed by atoms with Gasteiger partial charge in [0.15, 0.2) is 0 Å². The Morgan fingerprint density at radius 1 is 1.27 bits per heavy atom. The summed E-state index contributed by atoms with van der Waals surface area (Å²) in [6, 6.07) is 7.31. The van der Waals surface area contributed by atoms with Crippen molar-refractivity contribution in [2.45, 2.75) is 12.6 Å². The molecule has 0 saturated heterocycles. The summed E-state index contributed by atoms with van der Waals surface area (Å²) in [6.45, 7) is 0. The molecule has 0 bridgehead atoms. The highest BCUT2D eigenvalue weighted by Crippen LogP contribution is 2.26. The number of hydrogen-bond donors (Lipinski definition) is 0. The standard InChI is InChI=1S/C10H9F3NS/c1-14-7-4-2-3-5-8(7)15-9(14)6-10(11,12)13/h2-5H,6H2,1H3/q+1. The van der Waals surface area contributed by atoms with Gasteiger partial charge in [-0.3, -0.25) is 0 Å². The lowest BCUT2D eigenvalue weighted by Gasteiger charge is -2.00. The van der Waals surface area contributed by atoms with Crippen LogP contribution in [0.2, 0.25) is 0 Å². The number of rotatable bonds is 1. The van der Waals surface area contributed by atoms with Crippen molar-refractivity contribution in [2.24, 2.45) is 7.05 Å². The van der Waals surface area contributed by atoms with E-state index in [0.717, 1.165) is 10.2 Å². The lowest BCUT2D eigenvalue weighted by Crippen LogP contribution is -2.33. The number of benzene rings is 1. The molecule has 2 aromatic rings. The molecule has 80 valence electrons. The van der Waals surface area contributed by atoms with Gasteiger partial charge in [0.05, 0.1) is 0 Å². The molecule has 0 aliphatic rings. The van der Waals surface area contributed by atoms with Gasteiger partial charge in [-0.2, -0.15) is 17.7 Å². The number of fused-ring (bicyclic) bond motifs is 1. The van der Waals surface area contributed by atoms with Crippen molar-refractivity contribution in [3.8, 4) is 0 Å². The van der Waals surface area contributed by atoms with Crippen LogP contribution in [0.15, 0.2) is 24.3 Å². The minimum atomic E-state index is -4.14. The second-order valence-electron chi connectivity index (χ2n) is 3.31. The van der Waals surface area contributed by atoms with Crippen LogP contribution in [0, 0.1) is 0 Å². The monoisotopic (exact) mass is 232 g/mol. The van der Waals surface area contributed by atoms with Gasteiger partial charge in [0, 0.05) is 6.07 Å². The summed E-state index contributed by atoms with van der Waals surface area (Å²) in [7, 11) is 1.67. The highest BCUT2D eigenvalue weighted by atomic mass is 32.1. The number of thiazole rings is 1. The number of hydrogen-bond acceptors (Lipinski definition) is 1. The predicted octanol–water partition coefficient (Wildman–Crippen LogP) is 2.83. The minimum absolute atomic E-state index is 0.337. The van der Waals surface area contributed by atoms with E-state index in [1.165, 1.54) is 11.3 Å². The van der Waals surface area contributed by atoms with Gasteiger partial charge in [-0.05, 0) is 6.07 Å². The van der Waals surface area contributed by atoms with Gasteiger partial charge in [-0.15, -0.1) is 0 Å². The van der Waals surface area contributed by atoms with E-state index in [-0.39, 0.29) is 0 Å². The van der Waals surface area contributed by atoms with Crippen molar-refractivity contribution in [3.63, 3.8) is 0 Å². The molecule has 0 radical (unpaired) electrons. The van der Waals surface area contributed by atoms with Crippen LogP contribution in [0.1, 0.15) is 5.01 Å². The topological polar surface area (TPSA) is 3.88 Å². The Bertz CT molecular complexity index is 487. The molecule has 0 atom stereocenters. The summed E-state index contributed by atoms with van der Waals surface area (Å²) < 4.78 is 39.2. The molecule has 0 N–H and O–H groups in total. The molecule has 2 rings (SSSR count). The molecular formula is C10H9F3NS+. The zero-order chi connectivity index (χ0) is 11.1. The largest absolute Gasteiger partial charge is 0.399 e. The first-order valence-corrected chi connectivity index (χ1v) is 5.22. The van der Waals surface area contributed by atoms with Gasteiger partial charge in [-0.1, -0.05) is 23.5 Å². The Morgan fingerprint density at radius 3 is 2.53 bits per heavy atom. The van der Waals surface area contributed by atoms with E-state index in [2.05, 4.69) is 0 Å². The first-order chi connectivity index (χ1) is 6.97. The Balaban J connectivity index is 2.49. The fraction of sp³-hybridized carbons (Fsp3) is 0.300. The quantitative estimate of drug-likeness (QED) is 0.666. The molecule has 0 aliphatic heterocycles. The van der Waals surface area contributed by atoms with E-state index in [1.54, 1.807) is 11.6 Å². The van der Waals surface area contributed by atoms with Crippen LogP contribution in [0.3, 0.4) is 0 Å². The van der Waals surface area contributed by atoms with Crippen LogP contribution in [-0.4, -0.2) is 6.18 Å². The van der Waals surface area contributed by atoms with Crippen LogP contribution in [-0.2, 0) is 13.5 Å². The summed E-state index contributed by atoms with van der Waals surface area (Å²) in [5, 5.41) is 0.337. The molecule has 0 saturated carbocycles. The molecule has 0 spiro atoms. The average molecular weight is 232 g/mol. The molecule has 15 heavy (non-hydrogen) atoms. The third-order valence-electron chi connectivity index (χ3n) is 2.18. The number of aromatic nitrogens is 1. The highest BCUT2D eigenvalue weighted by molar-refractivity contribution is 7.18. The van der Waals surface area contributed by atoms with Gasteiger partial charge >= 0.3 is 6.18 Å². The third-order valence-corrected chi connectivity index (χ3v) is 3.40. The maximum atomic E-state index is 12.2. The maximum absolute atomic E-state index is 12.2. The summed E-state index contributed by atoms with van der Waals surface area (Å²) in [5.41, 5.74) is 0.849. The van der Waals surface area contributed by atoms with Crippen LogP contribution in [0.4, 0.5) is 13.2 Å². The first-order valence-electron chi connectivity index (χ1n) is 4.40. The minimum Gasteiger partial charge on any atom is -0.188 e. The van der Waals surface area contributed by atoms with Crippen LogP contribution in [0.5, 0.6) is 0 Å². The Morgan fingerprint density at radius 2 is 1.93 bits per heavy atom. The molecule has 0 fully saturated rings. The smallest absolute Gasteiger partial charge is 0.188 e. The molecule has 1 aromatic heterocycles. The molecule has 0 aliphatic carbocycles.